The van der Waals surface area contributed by atoms with Gasteiger partial charge >= 0.3 is 0 Å². The molecule has 0 saturated heterocycles. The van der Waals surface area contributed by atoms with Gasteiger partial charge in [-0.15, -0.1) is 18.3 Å². The normalized spacial score (nSPS) is 10.1. The zero-order chi connectivity index (χ0) is 10.2. The second kappa shape index (κ2) is 6.68. The van der Waals surface area contributed by atoms with Crippen molar-refractivity contribution in [3.63, 3.8) is 0 Å². The summed E-state index contributed by atoms with van der Waals surface area (Å²) >= 11 is 1.81. The Kier molecular flexibility index (Phi) is 5.42. The number of benzene rings is 1. The summed E-state index contributed by atoms with van der Waals surface area (Å²) in [5, 5.41) is 3.30. The molecule has 0 unspecified atom stereocenters. The standard InChI is InChI=1S/C12H17NS/c1-3-9-14-12-7-5-11(6-8-12)10-13-4-2/h3,5-8,13H,1,4,9-10H2,2H3. The Labute approximate surface area is 90.6 Å². The molecule has 0 radical (unpaired) electrons. The van der Waals surface area contributed by atoms with Crippen LogP contribution in [0.2, 0.25) is 0 Å². The van der Waals surface area contributed by atoms with Crippen LogP contribution < -0.4 is 5.32 Å². The first-order chi connectivity index (χ1) is 6.86. The van der Waals surface area contributed by atoms with Gasteiger partial charge in [0, 0.05) is 17.2 Å². The van der Waals surface area contributed by atoms with Crippen LogP contribution in [0.3, 0.4) is 0 Å². The van der Waals surface area contributed by atoms with E-state index in [4.69, 9.17) is 0 Å². The molecule has 0 aliphatic heterocycles. The van der Waals surface area contributed by atoms with Crippen molar-refractivity contribution in [2.45, 2.75) is 18.4 Å². The Balaban J connectivity index is 2.46. The van der Waals surface area contributed by atoms with Crippen molar-refractivity contribution in [1.29, 1.82) is 0 Å². The minimum Gasteiger partial charge on any atom is -0.313 e. The molecule has 0 aliphatic carbocycles. The SMILES string of the molecule is C=CCSc1ccc(CNCC)cc1. The molecule has 0 atom stereocenters. The van der Waals surface area contributed by atoms with E-state index in [1.165, 1.54) is 10.5 Å². The molecule has 0 spiro atoms. The highest BCUT2D eigenvalue weighted by Gasteiger charge is 1.93. The predicted molar refractivity (Wildman–Crippen MR) is 64.7 cm³/mol. The Morgan fingerprint density at radius 3 is 2.64 bits per heavy atom. The van der Waals surface area contributed by atoms with Crippen molar-refractivity contribution in [3.05, 3.63) is 42.5 Å². The molecule has 1 N–H and O–H groups in total. The van der Waals surface area contributed by atoms with E-state index < -0.39 is 0 Å². The monoisotopic (exact) mass is 207 g/mol. The van der Waals surface area contributed by atoms with E-state index >= 15 is 0 Å². The highest BCUT2D eigenvalue weighted by atomic mass is 32.2. The van der Waals surface area contributed by atoms with Crippen LogP contribution >= 0.6 is 11.8 Å². The largest absolute Gasteiger partial charge is 0.313 e. The third-order valence-corrected chi connectivity index (χ3v) is 2.88. The van der Waals surface area contributed by atoms with E-state index in [0.29, 0.717) is 0 Å². The van der Waals surface area contributed by atoms with Crippen LogP contribution in [-0.2, 0) is 6.54 Å². The van der Waals surface area contributed by atoms with Gasteiger partial charge in [-0.05, 0) is 24.2 Å². The van der Waals surface area contributed by atoms with Gasteiger partial charge in [0.1, 0.15) is 0 Å². The lowest BCUT2D eigenvalue weighted by Crippen LogP contribution is -2.11. The van der Waals surface area contributed by atoms with E-state index in [1.807, 2.05) is 17.8 Å². The molecule has 1 aromatic carbocycles. The lowest BCUT2D eigenvalue weighted by molar-refractivity contribution is 0.726. The quantitative estimate of drug-likeness (QED) is 0.568. The molecule has 0 amide bonds. The highest BCUT2D eigenvalue weighted by Crippen LogP contribution is 2.18. The van der Waals surface area contributed by atoms with Crippen LogP contribution in [0.25, 0.3) is 0 Å². The Hall–Kier alpha value is -0.730. The molecule has 14 heavy (non-hydrogen) atoms. The zero-order valence-electron chi connectivity index (χ0n) is 8.62. The summed E-state index contributed by atoms with van der Waals surface area (Å²) in [6.45, 7) is 7.80. The summed E-state index contributed by atoms with van der Waals surface area (Å²) < 4.78 is 0. The van der Waals surface area contributed by atoms with Crippen LogP contribution in [0.15, 0.2) is 41.8 Å². The van der Waals surface area contributed by atoms with Gasteiger partial charge in [-0.2, -0.15) is 0 Å². The van der Waals surface area contributed by atoms with Crippen molar-refractivity contribution < 1.29 is 0 Å². The van der Waals surface area contributed by atoms with Crippen LogP contribution in [0.4, 0.5) is 0 Å². The molecule has 1 nitrogen and oxygen atoms in total. The molecule has 0 fully saturated rings. The van der Waals surface area contributed by atoms with E-state index in [1.54, 1.807) is 0 Å². The molecule has 1 aromatic rings. The van der Waals surface area contributed by atoms with Gasteiger partial charge in [0.25, 0.3) is 0 Å². The first-order valence-electron chi connectivity index (χ1n) is 4.90. The lowest BCUT2D eigenvalue weighted by atomic mass is 10.2. The summed E-state index contributed by atoms with van der Waals surface area (Å²) in [4.78, 5) is 1.31. The summed E-state index contributed by atoms with van der Waals surface area (Å²) in [7, 11) is 0. The molecular formula is C12H17NS. The van der Waals surface area contributed by atoms with Gasteiger partial charge in [0.15, 0.2) is 0 Å². The van der Waals surface area contributed by atoms with E-state index in [2.05, 4.69) is 43.1 Å². The number of thioether (sulfide) groups is 1. The number of rotatable bonds is 6. The predicted octanol–water partition coefficient (Wildman–Crippen LogP) is 3.07. The van der Waals surface area contributed by atoms with E-state index in [0.717, 1.165) is 18.8 Å². The van der Waals surface area contributed by atoms with Crippen LogP contribution in [0.5, 0.6) is 0 Å². The average molecular weight is 207 g/mol. The van der Waals surface area contributed by atoms with Crippen molar-refractivity contribution >= 4 is 11.8 Å². The molecule has 0 saturated carbocycles. The van der Waals surface area contributed by atoms with Gasteiger partial charge < -0.3 is 5.32 Å². The van der Waals surface area contributed by atoms with Crippen molar-refractivity contribution in [1.82, 2.24) is 5.32 Å². The highest BCUT2D eigenvalue weighted by molar-refractivity contribution is 7.99. The van der Waals surface area contributed by atoms with Gasteiger partial charge in [-0.25, -0.2) is 0 Å². The van der Waals surface area contributed by atoms with E-state index in [-0.39, 0.29) is 0 Å². The molecule has 0 bridgehead atoms. The van der Waals surface area contributed by atoms with Crippen LogP contribution in [0, 0.1) is 0 Å². The fourth-order valence-corrected chi connectivity index (χ4v) is 1.77. The molecule has 0 aliphatic rings. The number of hydrogen-bond acceptors (Lipinski definition) is 2. The Morgan fingerprint density at radius 2 is 2.07 bits per heavy atom. The summed E-state index contributed by atoms with van der Waals surface area (Å²) in [5.74, 6) is 0.979. The van der Waals surface area contributed by atoms with Gasteiger partial charge in [-0.3, -0.25) is 0 Å². The summed E-state index contributed by atoms with van der Waals surface area (Å²) in [6.07, 6.45) is 1.93. The third kappa shape index (κ3) is 3.99. The van der Waals surface area contributed by atoms with Crippen LogP contribution in [-0.4, -0.2) is 12.3 Å². The Bertz CT molecular complexity index is 266. The molecule has 1 rings (SSSR count). The first-order valence-corrected chi connectivity index (χ1v) is 5.88. The summed E-state index contributed by atoms with van der Waals surface area (Å²) in [5.41, 5.74) is 1.34. The van der Waals surface area contributed by atoms with Crippen molar-refractivity contribution in [2.75, 3.05) is 12.3 Å². The topological polar surface area (TPSA) is 12.0 Å². The fraction of sp³-hybridized carbons (Fsp3) is 0.333. The minimum absolute atomic E-state index is 0.961. The zero-order valence-corrected chi connectivity index (χ0v) is 9.44. The fourth-order valence-electron chi connectivity index (χ4n) is 1.13. The van der Waals surface area contributed by atoms with Crippen molar-refractivity contribution in [3.8, 4) is 0 Å². The maximum absolute atomic E-state index is 3.70. The smallest absolute Gasteiger partial charge is 0.0205 e. The number of hydrogen-bond donors (Lipinski definition) is 1. The molecule has 0 heterocycles. The second-order valence-corrected chi connectivity index (χ2v) is 4.12. The van der Waals surface area contributed by atoms with Gasteiger partial charge in [-0.1, -0.05) is 25.1 Å². The Morgan fingerprint density at radius 1 is 1.36 bits per heavy atom. The van der Waals surface area contributed by atoms with Crippen molar-refractivity contribution in [2.24, 2.45) is 0 Å². The summed E-state index contributed by atoms with van der Waals surface area (Å²) in [6, 6.07) is 8.68. The van der Waals surface area contributed by atoms with Gasteiger partial charge in [0.05, 0.1) is 0 Å². The number of nitrogens with one attached hydrogen (secondary N) is 1. The molecule has 76 valence electrons. The van der Waals surface area contributed by atoms with E-state index in [9.17, 15) is 0 Å². The molecular weight excluding hydrogens is 190 g/mol. The first kappa shape index (κ1) is 11.3. The second-order valence-electron chi connectivity index (χ2n) is 3.02. The molecule has 2 heteroatoms. The third-order valence-electron chi connectivity index (χ3n) is 1.87. The maximum atomic E-state index is 3.70. The van der Waals surface area contributed by atoms with Gasteiger partial charge in [0.2, 0.25) is 0 Å². The average Bonchev–Trinajstić information content (AvgIpc) is 2.25. The minimum atomic E-state index is 0.961. The lowest BCUT2D eigenvalue weighted by Gasteiger charge is -2.03. The van der Waals surface area contributed by atoms with Crippen LogP contribution in [0.1, 0.15) is 12.5 Å². The maximum Gasteiger partial charge on any atom is 0.0205 e. The molecule has 0 aromatic heterocycles.